The molecule has 1 N–H and O–H groups in total. The van der Waals surface area contributed by atoms with E-state index in [1.807, 2.05) is 6.07 Å². The van der Waals surface area contributed by atoms with Crippen molar-refractivity contribution >= 4 is 21.7 Å². The Bertz CT molecular complexity index is 560. The van der Waals surface area contributed by atoms with E-state index in [2.05, 4.69) is 51.1 Å². The topological polar surface area (TPSA) is 29.9 Å². The number of benzene rings is 1. The molecule has 0 saturated carbocycles. The van der Waals surface area contributed by atoms with Crippen LogP contribution in [0.1, 0.15) is 12.5 Å². The van der Waals surface area contributed by atoms with Crippen molar-refractivity contribution in [2.75, 3.05) is 11.9 Å². The maximum atomic E-state index is 4.71. The highest BCUT2D eigenvalue weighted by molar-refractivity contribution is 9.10. The summed E-state index contributed by atoms with van der Waals surface area (Å²) in [5, 5.41) is 8.12. The van der Waals surface area contributed by atoms with Gasteiger partial charge in [0.25, 0.3) is 0 Å². The van der Waals surface area contributed by atoms with Crippen molar-refractivity contribution in [3.8, 4) is 11.3 Å². The van der Waals surface area contributed by atoms with Gasteiger partial charge in [-0.25, -0.2) is 4.68 Å². The number of rotatable bonds is 2. The fourth-order valence-electron chi connectivity index (χ4n) is 2.34. The first-order valence-corrected chi connectivity index (χ1v) is 6.69. The molecule has 0 saturated heterocycles. The van der Waals surface area contributed by atoms with Crippen LogP contribution in [0.3, 0.4) is 0 Å². The average molecular weight is 292 g/mol. The number of hydrogen-bond acceptors (Lipinski definition) is 2. The van der Waals surface area contributed by atoms with Gasteiger partial charge in [-0.15, -0.1) is 0 Å². The van der Waals surface area contributed by atoms with E-state index in [0.29, 0.717) is 0 Å². The summed E-state index contributed by atoms with van der Waals surface area (Å²) < 4.78 is 3.16. The van der Waals surface area contributed by atoms with E-state index in [4.69, 9.17) is 5.10 Å². The summed E-state index contributed by atoms with van der Waals surface area (Å²) in [5.41, 5.74) is 3.64. The van der Waals surface area contributed by atoms with Crippen molar-refractivity contribution in [3.05, 3.63) is 34.3 Å². The molecule has 17 heavy (non-hydrogen) atoms. The fourth-order valence-corrected chi connectivity index (χ4v) is 2.81. The third-order valence-corrected chi connectivity index (χ3v) is 3.84. The van der Waals surface area contributed by atoms with E-state index >= 15 is 0 Å². The number of halogens is 1. The van der Waals surface area contributed by atoms with Gasteiger partial charge in [-0.05, 0) is 19.4 Å². The molecule has 1 aliphatic heterocycles. The summed E-state index contributed by atoms with van der Waals surface area (Å²) in [5.74, 6) is 1.19. The Morgan fingerprint density at radius 1 is 1.41 bits per heavy atom. The zero-order chi connectivity index (χ0) is 11.8. The van der Waals surface area contributed by atoms with E-state index in [1.165, 1.54) is 16.9 Å². The van der Waals surface area contributed by atoms with Crippen molar-refractivity contribution in [2.45, 2.75) is 19.9 Å². The molecule has 0 aliphatic carbocycles. The molecular formula is C13H14BrN3. The van der Waals surface area contributed by atoms with Gasteiger partial charge in [0.15, 0.2) is 0 Å². The molecule has 0 bridgehead atoms. The van der Waals surface area contributed by atoms with Crippen LogP contribution in [0, 0.1) is 0 Å². The van der Waals surface area contributed by atoms with Gasteiger partial charge in [0, 0.05) is 28.7 Å². The first-order valence-electron chi connectivity index (χ1n) is 5.89. The quantitative estimate of drug-likeness (QED) is 0.920. The normalized spacial score (nSPS) is 13.5. The largest absolute Gasteiger partial charge is 0.370 e. The average Bonchev–Trinajstić information content (AvgIpc) is 2.91. The molecule has 1 aromatic heterocycles. The summed E-state index contributed by atoms with van der Waals surface area (Å²) in [7, 11) is 0. The Morgan fingerprint density at radius 3 is 3.00 bits per heavy atom. The second kappa shape index (κ2) is 4.18. The summed E-state index contributed by atoms with van der Waals surface area (Å²) in [4.78, 5) is 0. The number of fused-ring (bicyclic) bond motifs is 1. The lowest BCUT2D eigenvalue weighted by atomic mass is 10.1. The molecule has 1 aliphatic rings. The zero-order valence-electron chi connectivity index (χ0n) is 9.70. The van der Waals surface area contributed by atoms with Gasteiger partial charge in [0.05, 0.1) is 5.69 Å². The first kappa shape index (κ1) is 10.8. The number of nitrogens with zero attached hydrogens (tertiary/aromatic N) is 2. The predicted molar refractivity (Wildman–Crippen MR) is 73.2 cm³/mol. The molecule has 3 rings (SSSR count). The minimum Gasteiger partial charge on any atom is -0.370 e. The third-order valence-electron chi connectivity index (χ3n) is 3.15. The molecule has 88 valence electrons. The Morgan fingerprint density at radius 2 is 2.24 bits per heavy atom. The van der Waals surface area contributed by atoms with Crippen molar-refractivity contribution in [3.63, 3.8) is 0 Å². The summed E-state index contributed by atoms with van der Waals surface area (Å²) >= 11 is 3.60. The van der Waals surface area contributed by atoms with Gasteiger partial charge in [0.1, 0.15) is 5.82 Å². The minimum absolute atomic E-state index is 0.903. The predicted octanol–water partition coefficient (Wildman–Crippen LogP) is 3.30. The molecule has 0 radical (unpaired) electrons. The molecule has 0 amide bonds. The molecular weight excluding hydrogens is 278 g/mol. The second-order valence-corrected chi connectivity index (χ2v) is 5.00. The van der Waals surface area contributed by atoms with Crippen molar-refractivity contribution in [1.29, 1.82) is 0 Å². The van der Waals surface area contributed by atoms with Crippen LogP contribution in [0.4, 0.5) is 5.82 Å². The molecule has 2 aromatic rings. The Balaban J connectivity index is 2.19. The first-order chi connectivity index (χ1) is 8.31. The number of anilines is 1. The molecule has 0 spiro atoms. The highest BCUT2D eigenvalue weighted by Crippen LogP contribution is 2.35. The number of nitrogens with one attached hydrogen (secondary N) is 1. The van der Waals surface area contributed by atoms with E-state index < -0.39 is 0 Å². The van der Waals surface area contributed by atoms with Crippen molar-refractivity contribution in [1.82, 2.24) is 9.78 Å². The molecule has 1 aromatic carbocycles. The van der Waals surface area contributed by atoms with Crippen LogP contribution in [0.25, 0.3) is 11.3 Å². The van der Waals surface area contributed by atoms with Gasteiger partial charge in [-0.3, -0.25) is 0 Å². The lowest BCUT2D eigenvalue weighted by Crippen LogP contribution is -2.04. The van der Waals surface area contributed by atoms with E-state index in [0.717, 1.165) is 29.7 Å². The van der Waals surface area contributed by atoms with E-state index in [1.54, 1.807) is 0 Å². The van der Waals surface area contributed by atoms with E-state index in [9.17, 15) is 0 Å². The maximum Gasteiger partial charge on any atom is 0.128 e. The minimum atomic E-state index is 0.903. The zero-order valence-corrected chi connectivity index (χ0v) is 11.3. The van der Waals surface area contributed by atoms with Gasteiger partial charge >= 0.3 is 0 Å². The SMILES string of the molecule is CCn1nc(-c2ccccc2Br)c2c1NCC2. The Labute approximate surface area is 109 Å². The van der Waals surface area contributed by atoms with Crippen LogP contribution in [-0.2, 0) is 13.0 Å². The van der Waals surface area contributed by atoms with Gasteiger partial charge in [-0.2, -0.15) is 5.10 Å². The lowest BCUT2D eigenvalue weighted by Gasteiger charge is -2.03. The third kappa shape index (κ3) is 1.67. The van der Waals surface area contributed by atoms with Gasteiger partial charge in [0.2, 0.25) is 0 Å². The van der Waals surface area contributed by atoms with Crippen LogP contribution >= 0.6 is 15.9 Å². The van der Waals surface area contributed by atoms with Crippen LogP contribution < -0.4 is 5.32 Å². The van der Waals surface area contributed by atoms with Gasteiger partial charge < -0.3 is 5.32 Å². The van der Waals surface area contributed by atoms with Crippen LogP contribution in [-0.4, -0.2) is 16.3 Å². The smallest absolute Gasteiger partial charge is 0.128 e. The molecule has 2 heterocycles. The summed E-state index contributed by atoms with van der Waals surface area (Å²) in [6.07, 6.45) is 1.06. The van der Waals surface area contributed by atoms with E-state index in [-0.39, 0.29) is 0 Å². The lowest BCUT2D eigenvalue weighted by molar-refractivity contribution is 0.668. The van der Waals surface area contributed by atoms with Crippen molar-refractivity contribution in [2.24, 2.45) is 0 Å². The monoisotopic (exact) mass is 291 g/mol. The van der Waals surface area contributed by atoms with Crippen molar-refractivity contribution < 1.29 is 0 Å². The van der Waals surface area contributed by atoms with Crippen LogP contribution in [0.2, 0.25) is 0 Å². The highest BCUT2D eigenvalue weighted by atomic mass is 79.9. The number of hydrogen-bond donors (Lipinski definition) is 1. The fraction of sp³-hybridized carbons (Fsp3) is 0.308. The van der Waals surface area contributed by atoms with Crippen LogP contribution in [0.5, 0.6) is 0 Å². The molecule has 0 atom stereocenters. The summed E-state index contributed by atoms with van der Waals surface area (Å²) in [6, 6.07) is 8.27. The van der Waals surface area contributed by atoms with Crippen LogP contribution in [0.15, 0.2) is 28.7 Å². The standard InChI is InChI=1S/C13H14BrN3/c1-2-17-13-10(7-8-15-13)12(16-17)9-5-3-4-6-11(9)14/h3-6,15H,2,7-8H2,1H3. The molecule has 3 nitrogen and oxygen atoms in total. The number of aryl methyl sites for hydroxylation is 1. The van der Waals surface area contributed by atoms with Gasteiger partial charge in [-0.1, -0.05) is 34.1 Å². The Hall–Kier alpha value is -1.29. The highest BCUT2D eigenvalue weighted by Gasteiger charge is 2.23. The molecule has 4 heteroatoms. The summed E-state index contributed by atoms with van der Waals surface area (Å²) in [6.45, 7) is 4.04. The molecule has 0 fully saturated rings. The number of aromatic nitrogens is 2. The maximum absolute atomic E-state index is 4.71. The Kier molecular flexibility index (Phi) is 2.67. The second-order valence-electron chi connectivity index (χ2n) is 4.15. The molecule has 0 unspecified atom stereocenters.